The van der Waals surface area contributed by atoms with Gasteiger partial charge in [-0.1, -0.05) is 12.8 Å². The monoisotopic (exact) mass is 230 g/mol. The molecule has 2 aromatic rings. The zero-order valence-electron chi connectivity index (χ0n) is 9.82. The van der Waals surface area contributed by atoms with E-state index in [1.165, 1.54) is 19.3 Å². The Kier molecular flexibility index (Phi) is 2.73. The number of hydrogen-bond donors (Lipinski definition) is 3. The van der Waals surface area contributed by atoms with Gasteiger partial charge in [-0.3, -0.25) is 0 Å². The average Bonchev–Trinajstić information content (AvgIpc) is 2.79. The second-order valence-electron chi connectivity index (χ2n) is 4.83. The lowest BCUT2D eigenvalue weighted by Crippen LogP contribution is -2.42. The highest BCUT2D eigenvalue weighted by molar-refractivity contribution is 5.78. The van der Waals surface area contributed by atoms with Crippen molar-refractivity contribution in [1.82, 2.24) is 9.97 Å². The summed E-state index contributed by atoms with van der Waals surface area (Å²) in [5, 5.41) is 3.54. The Balaban J connectivity index is 1.79. The third kappa shape index (κ3) is 2.13. The van der Waals surface area contributed by atoms with E-state index in [9.17, 15) is 0 Å². The Hall–Kier alpha value is -1.55. The summed E-state index contributed by atoms with van der Waals surface area (Å²) < 4.78 is 0. The van der Waals surface area contributed by atoms with Crippen LogP contribution in [-0.4, -0.2) is 22.1 Å². The first-order valence-corrected chi connectivity index (χ1v) is 6.28. The lowest BCUT2D eigenvalue weighted by Gasteiger charge is -2.30. The molecule has 2 unspecified atom stereocenters. The molecule has 0 aliphatic heterocycles. The molecular weight excluding hydrogens is 212 g/mol. The minimum atomic E-state index is 0.279. The van der Waals surface area contributed by atoms with E-state index in [0.717, 1.165) is 23.1 Å². The van der Waals surface area contributed by atoms with E-state index < -0.39 is 0 Å². The van der Waals surface area contributed by atoms with Gasteiger partial charge in [-0.15, -0.1) is 0 Å². The number of H-pyrrole nitrogens is 1. The van der Waals surface area contributed by atoms with Crippen molar-refractivity contribution >= 4 is 16.7 Å². The molecule has 1 aromatic carbocycles. The molecular formula is C13H18N4. The second kappa shape index (κ2) is 4.37. The topological polar surface area (TPSA) is 66.7 Å². The standard InChI is InChI=1S/C13H18N4/c14-10-3-1-2-4-11(10)17-9-5-6-12-13(7-9)16-8-15-12/h5-8,10-11,17H,1-4,14H2,(H,15,16). The van der Waals surface area contributed by atoms with Gasteiger partial charge in [0.1, 0.15) is 0 Å². The van der Waals surface area contributed by atoms with Crippen LogP contribution < -0.4 is 11.1 Å². The Morgan fingerprint density at radius 3 is 3.06 bits per heavy atom. The molecule has 4 nitrogen and oxygen atoms in total. The molecule has 90 valence electrons. The van der Waals surface area contributed by atoms with E-state index in [1.807, 2.05) is 6.07 Å². The van der Waals surface area contributed by atoms with E-state index in [2.05, 4.69) is 27.4 Å². The van der Waals surface area contributed by atoms with Gasteiger partial charge in [0.05, 0.1) is 17.4 Å². The molecule has 4 N–H and O–H groups in total. The molecule has 0 radical (unpaired) electrons. The normalized spacial score (nSPS) is 25.0. The Morgan fingerprint density at radius 1 is 1.29 bits per heavy atom. The van der Waals surface area contributed by atoms with Crippen LogP contribution >= 0.6 is 0 Å². The first-order valence-electron chi connectivity index (χ1n) is 6.28. The van der Waals surface area contributed by atoms with Crippen LogP contribution in [0.5, 0.6) is 0 Å². The number of nitrogens with two attached hydrogens (primary N) is 1. The maximum atomic E-state index is 6.14. The molecule has 2 atom stereocenters. The smallest absolute Gasteiger partial charge is 0.0931 e. The Bertz CT molecular complexity index is 505. The first kappa shape index (κ1) is 10.6. The SMILES string of the molecule is NC1CCCCC1Nc1ccc2nc[nH]c2c1. The second-order valence-corrected chi connectivity index (χ2v) is 4.83. The number of rotatable bonds is 2. The van der Waals surface area contributed by atoms with Gasteiger partial charge in [0.15, 0.2) is 0 Å². The maximum Gasteiger partial charge on any atom is 0.0931 e. The summed E-state index contributed by atoms with van der Waals surface area (Å²) in [6, 6.07) is 6.89. The summed E-state index contributed by atoms with van der Waals surface area (Å²) in [6.45, 7) is 0. The molecule has 1 heterocycles. The predicted molar refractivity (Wildman–Crippen MR) is 69.9 cm³/mol. The lowest BCUT2D eigenvalue weighted by molar-refractivity contribution is 0.404. The lowest BCUT2D eigenvalue weighted by atomic mass is 9.91. The maximum absolute atomic E-state index is 6.14. The number of hydrogen-bond acceptors (Lipinski definition) is 3. The summed E-state index contributed by atoms with van der Waals surface area (Å²) in [4.78, 5) is 7.34. The van der Waals surface area contributed by atoms with E-state index in [1.54, 1.807) is 6.33 Å². The highest BCUT2D eigenvalue weighted by atomic mass is 15.0. The van der Waals surface area contributed by atoms with Gasteiger partial charge < -0.3 is 16.0 Å². The Labute approximate surface area is 101 Å². The summed E-state index contributed by atoms with van der Waals surface area (Å²) in [7, 11) is 0. The number of nitrogens with zero attached hydrogens (tertiary/aromatic N) is 1. The largest absolute Gasteiger partial charge is 0.381 e. The van der Waals surface area contributed by atoms with Crippen molar-refractivity contribution in [3.8, 4) is 0 Å². The molecule has 1 aliphatic carbocycles. The molecule has 0 saturated heterocycles. The minimum Gasteiger partial charge on any atom is -0.381 e. The summed E-state index contributed by atoms with van der Waals surface area (Å²) in [6.07, 6.45) is 6.56. The third-order valence-corrected chi connectivity index (χ3v) is 3.59. The van der Waals surface area contributed by atoms with E-state index in [-0.39, 0.29) is 6.04 Å². The van der Waals surface area contributed by atoms with Crippen LogP contribution in [0.4, 0.5) is 5.69 Å². The van der Waals surface area contributed by atoms with Crippen LogP contribution in [0.1, 0.15) is 25.7 Å². The van der Waals surface area contributed by atoms with Crippen molar-refractivity contribution < 1.29 is 0 Å². The van der Waals surface area contributed by atoms with Crippen LogP contribution in [0.3, 0.4) is 0 Å². The molecule has 0 bridgehead atoms. The fourth-order valence-electron chi connectivity index (χ4n) is 2.58. The van der Waals surface area contributed by atoms with Crippen molar-refractivity contribution in [3.63, 3.8) is 0 Å². The van der Waals surface area contributed by atoms with Gasteiger partial charge in [-0.2, -0.15) is 0 Å². The summed E-state index contributed by atoms with van der Waals surface area (Å²) in [5.74, 6) is 0. The van der Waals surface area contributed by atoms with Crippen LogP contribution in [0.2, 0.25) is 0 Å². The highest BCUT2D eigenvalue weighted by Gasteiger charge is 2.21. The first-order chi connectivity index (χ1) is 8.33. The van der Waals surface area contributed by atoms with Crippen LogP contribution in [0.25, 0.3) is 11.0 Å². The highest BCUT2D eigenvalue weighted by Crippen LogP contribution is 2.22. The number of fused-ring (bicyclic) bond motifs is 1. The van der Waals surface area contributed by atoms with Crippen molar-refractivity contribution in [3.05, 3.63) is 24.5 Å². The third-order valence-electron chi connectivity index (χ3n) is 3.59. The molecule has 0 spiro atoms. The molecule has 1 aromatic heterocycles. The van der Waals surface area contributed by atoms with Crippen LogP contribution in [-0.2, 0) is 0 Å². The summed E-state index contributed by atoms with van der Waals surface area (Å²) in [5.41, 5.74) is 9.34. The van der Waals surface area contributed by atoms with Crippen molar-refractivity contribution in [2.24, 2.45) is 5.73 Å². The average molecular weight is 230 g/mol. The van der Waals surface area contributed by atoms with Gasteiger partial charge in [0, 0.05) is 17.8 Å². The number of anilines is 1. The van der Waals surface area contributed by atoms with Gasteiger partial charge in [-0.25, -0.2) is 4.98 Å². The Morgan fingerprint density at radius 2 is 2.18 bits per heavy atom. The number of aromatic nitrogens is 2. The fraction of sp³-hybridized carbons (Fsp3) is 0.462. The van der Waals surface area contributed by atoms with E-state index in [4.69, 9.17) is 5.73 Å². The van der Waals surface area contributed by atoms with E-state index >= 15 is 0 Å². The minimum absolute atomic E-state index is 0.279. The van der Waals surface area contributed by atoms with Crippen LogP contribution in [0, 0.1) is 0 Å². The molecule has 0 amide bonds. The van der Waals surface area contributed by atoms with E-state index in [0.29, 0.717) is 6.04 Å². The molecule has 1 fully saturated rings. The molecule has 1 saturated carbocycles. The van der Waals surface area contributed by atoms with Crippen LogP contribution in [0.15, 0.2) is 24.5 Å². The number of imidazole rings is 1. The molecule has 3 rings (SSSR count). The van der Waals surface area contributed by atoms with Crippen molar-refractivity contribution in [2.75, 3.05) is 5.32 Å². The van der Waals surface area contributed by atoms with Gasteiger partial charge in [-0.05, 0) is 31.0 Å². The number of nitrogens with one attached hydrogen (secondary N) is 2. The van der Waals surface area contributed by atoms with Gasteiger partial charge >= 0.3 is 0 Å². The molecule has 1 aliphatic rings. The van der Waals surface area contributed by atoms with Crippen molar-refractivity contribution in [2.45, 2.75) is 37.8 Å². The molecule has 17 heavy (non-hydrogen) atoms. The van der Waals surface area contributed by atoms with Gasteiger partial charge in [0.25, 0.3) is 0 Å². The fourth-order valence-corrected chi connectivity index (χ4v) is 2.58. The summed E-state index contributed by atoms with van der Waals surface area (Å²) >= 11 is 0. The van der Waals surface area contributed by atoms with Gasteiger partial charge in [0.2, 0.25) is 0 Å². The zero-order chi connectivity index (χ0) is 11.7. The number of aromatic amines is 1. The zero-order valence-corrected chi connectivity index (χ0v) is 9.82. The molecule has 4 heteroatoms. The predicted octanol–water partition coefficient (Wildman–Crippen LogP) is 2.24. The quantitative estimate of drug-likeness (QED) is 0.741. The number of benzene rings is 1. The van der Waals surface area contributed by atoms with Crippen molar-refractivity contribution in [1.29, 1.82) is 0 Å².